The van der Waals surface area contributed by atoms with E-state index < -0.39 is 8.32 Å². The lowest BCUT2D eigenvalue weighted by molar-refractivity contribution is -0.424. The Balaban J connectivity index is 4.64. The van der Waals surface area contributed by atoms with Gasteiger partial charge in [0.15, 0.2) is 8.32 Å². The molecule has 94 valence electrons. The van der Waals surface area contributed by atoms with Crippen molar-refractivity contribution in [1.29, 1.82) is 0 Å². The molecule has 0 saturated heterocycles. The molecule has 0 bridgehead atoms. The minimum atomic E-state index is -1.84. The van der Waals surface area contributed by atoms with Crippen LogP contribution in [0.15, 0.2) is 11.8 Å². The van der Waals surface area contributed by atoms with Gasteiger partial charge in [-0.2, -0.15) is 0 Å². The molecular weight excluding hydrogens is 222 g/mol. The molecule has 0 aromatic heterocycles. The van der Waals surface area contributed by atoms with Gasteiger partial charge in [-0.3, -0.25) is 10.1 Å². The largest absolute Gasteiger partial charge is 0.411 e. The monoisotopic (exact) mass is 245 g/mol. The molecule has 0 aliphatic rings. The molecule has 0 rings (SSSR count). The lowest BCUT2D eigenvalue weighted by Gasteiger charge is -2.37. The Labute approximate surface area is 99.0 Å². The molecule has 1 atom stereocenters. The Morgan fingerprint density at radius 1 is 1.44 bits per heavy atom. The highest BCUT2D eigenvalue weighted by atomic mass is 28.4. The van der Waals surface area contributed by atoms with Gasteiger partial charge in [-0.05, 0) is 25.1 Å². The maximum absolute atomic E-state index is 10.5. The van der Waals surface area contributed by atoms with Crippen LogP contribution in [0.5, 0.6) is 0 Å². The molecule has 0 N–H and O–H groups in total. The third-order valence-electron chi connectivity index (χ3n) is 3.05. The molecule has 0 aromatic rings. The number of rotatable bonds is 4. The highest BCUT2D eigenvalue weighted by Gasteiger charge is 2.38. The van der Waals surface area contributed by atoms with Gasteiger partial charge in [0, 0.05) is 13.0 Å². The van der Waals surface area contributed by atoms with Gasteiger partial charge in [0.05, 0.1) is 11.0 Å². The first-order valence-corrected chi connectivity index (χ1v) is 8.39. The van der Waals surface area contributed by atoms with E-state index in [-0.39, 0.29) is 21.8 Å². The fraction of sp³-hybridized carbons (Fsp3) is 0.818. The first kappa shape index (κ1) is 15.3. The molecular formula is C11H23NO3Si. The minimum Gasteiger partial charge on any atom is -0.411 e. The van der Waals surface area contributed by atoms with Crippen LogP contribution in [0, 0.1) is 10.1 Å². The Morgan fingerprint density at radius 2 is 1.88 bits per heavy atom. The molecule has 0 fully saturated rings. The number of nitro groups is 1. The maximum atomic E-state index is 10.5. The van der Waals surface area contributed by atoms with Crippen LogP contribution >= 0.6 is 0 Å². The maximum Gasteiger partial charge on any atom is 0.241 e. The van der Waals surface area contributed by atoms with E-state index in [2.05, 4.69) is 33.9 Å². The predicted octanol–water partition coefficient (Wildman–Crippen LogP) is 3.58. The second-order valence-corrected chi connectivity index (χ2v) is 10.4. The second kappa shape index (κ2) is 5.10. The Hall–Kier alpha value is -0.683. The van der Waals surface area contributed by atoms with Crippen LogP contribution in [0.25, 0.3) is 0 Å². The quantitative estimate of drug-likeness (QED) is 0.432. The average Bonchev–Trinajstić information content (AvgIpc) is 1.99. The summed E-state index contributed by atoms with van der Waals surface area (Å²) in [6.45, 7) is 14.1. The summed E-state index contributed by atoms with van der Waals surface area (Å²) >= 11 is 0. The third-order valence-corrected chi connectivity index (χ3v) is 7.62. The van der Waals surface area contributed by atoms with Crippen molar-refractivity contribution in [3.8, 4) is 0 Å². The summed E-state index contributed by atoms with van der Waals surface area (Å²) in [6, 6.07) is 0. The minimum absolute atomic E-state index is 0.123. The normalized spacial score (nSPS) is 16.1. The highest BCUT2D eigenvalue weighted by Crippen LogP contribution is 2.37. The number of hydrogen-bond acceptors (Lipinski definition) is 3. The van der Waals surface area contributed by atoms with Crippen LogP contribution < -0.4 is 0 Å². The lowest BCUT2D eigenvalue weighted by atomic mass is 10.2. The fourth-order valence-corrected chi connectivity index (χ4v) is 2.43. The smallest absolute Gasteiger partial charge is 0.241 e. The van der Waals surface area contributed by atoms with Crippen LogP contribution in [0.1, 0.15) is 34.6 Å². The topological polar surface area (TPSA) is 52.4 Å². The molecule has 4 nitrogen and oxygen atoms in total. The van der Waals surface area contributed by atoms with E-state index in [0.717, 1.165) is 0 Å². The van der Waals surface area contributed by atoms with Crippen LogP contribution in [-0.4, -0.2) is 19.3 Å². The molecule has 16 heavy (non-hydrogen) atoms. The Bertz CT molecular complexity index is 292. The number of nitrogens with zero attached hydrogens (tertiary/aromatic N) is 1. The first-order chi connectivity index (χ1) is 6.97. The molecule has 0 radical (unpaired) electrons. The van der Waals surface area contributed by atoms with Gasteiger partial charge < -0.3 is 4.43 Å². The van der Waals surface area contributed by atoms with Gasteiger partial charge in [-0.25, -0.2) is 0 Å². The summed E-state index contributed by atoms with van der Waals surface area (Å²) in [5.74, 6) is 0. The second-order valence-electron chi connectivity index (χ2n) is 5.65. The van der Waals surface area contributed by atoms with Crippen molar-refractivity contribution in [2.75, 3.05) is 0 Å². The molecule has 5 heteroatoms. The summed E-state index contributed by atoms with van der Waals surface area (Å²) in [6.07, 6.45) is 1.37. The van der Waals surface area contributed by atoms with E-state index in [9.17, 15) is 10.1 Å². The van der Waals surface area contributed by atoms with Gasteiger partial charge in [0.25, 0.3) is 0 Å². The zero-order valence-corrected chi connectivity index (χ0v) is 12.3. The number of hydrogen-bond donors (Lipinski definition) is 0. The van der Waals surface area contributed by atoms with Gasteiger partial charge in [0.2, 0.25) is 5.70 Å². The van der Waals surface area contributed by atoms with Gasteiger partial charge in [-0.15, -0.1) is 0 Å². The first-order valence-electron chi connectivity index (χ1n) is 5.48. The van der Waals surface area contributed by atoms with E-state index in [0.29, 0.717) is 0 Å². The van der Waals surface area contributed by atoms with E-state index in [1.54, 1.807) is 6.08 Å². The predicted molar refractivity (Wildman–Crippen MR) is 68.5 cm³/mol. The number of allylic oxidation sites excluding steroid dienone is 1. The van der Waals surface area contributed by atoms with Crippen molar-refractivity contribution in [2.24, 2.45) is 0 Å². The summed E-state index contributed by atoms with van der Waals surface area (Å²) in [4.78, 5) is 10.1. The van der Waals surface area contributed by atoms with Gasteiger partial charge >= 0.3 is 0 Å². The molecule has 0 heterocycles. The summed E-state index contributed by atoms with van der Waals surface area (Å²) < 4.78 is 5.98. The summed E-state index contributed by atoms with van der Waals surface area (Å²) in [5.41, 5.74) is 0.145. The molecule has 0 aliphatic carbocycles. The van der Waals surface area contributed by atoms with Crippen molar-refractivity contribution in [1.82, 2.24) is 0 Å². The Kier molecular flexibility index (Phi) is 4.88. The highest BCUT2D eigenvalue weighted by molar-refractivity contribution is 6.74. The van der Waals surface area contributed by atoms with Crippen molar-refractivity contribution in [2.45, 2.75) is 58.9 Å². The average molecular weight is 245 g/mol. The third kappa shape index (κ3) is 4.45. The van der Waals surface area contributed by atoms with Crippen molar-refractivity contribution in [3.63, 3.8) is 0 Å². The van der Waals surface area contributed by atoms with E-state index in [1.807, 2.05) is 6.92 Å². The van der Waals surface area contributed by atoms with Crippen LogP contribution in [-0.2, 0) is 4.43 Å². The zero-order chi connectivity index (χ0) is 13.1. The summed E-state index contributed by atoms with van der Waals surface area (Å²) in [5, 5.41) is 10.6. The van der Waals surface area contributed by atoms with Crippen molar-refractivity contribution >= 4 is 8.32 Å². The molecule has 0 amide bonds. The van der Waals surface area contributed by atoms with E-state index in [1.165, 1.54) is 6.92 Å². The van der Waals surface area contributed by atoms with Crippen molar-refractivity contribution < 1.29 is 9.35 Å². The molecule has 0 saturated carbocycles. The van der Waals surface area contributed by atoms with E-state index in [4.69, 9.17) is 4.43 Å². The fourth-order valence-electron chi connectivity index (χ4n) is 1.08. The van der Waals surface area contributed by atoms with Crippen LogP contribution in [0.4, 0.5) is 0 Å². The molecule has 0 aromatic carbocycles. The Morgan fingerprint density at radius 3 is 2.19 bits per heavy atom. The standard InChI is InChI=1S/C11H23NO3Si/c1-9(12(13)14)8-10(2)15-16(6,7)11(3,4)5/h8,10H,1-7H3/b9-8+/t10-/m0/s1. The summed E-state index contributed by atoms with van der Waals surface area (Å²) in [7, 11) is -1.84. The van der Waals surface area contributed by atoms with Gasteiger partial charge in [-0.1, -0.05) is 20.8 Å². The van der Waals surface area contributed by atoms with Crippen LogP contribution in [0.2, 0.25) is 18.1 Å². The van der Waals surface area contributed by atoms with E-state index >= 15 is 0 Å². The SMILES string of the molecule is C/C(=C\[C@H](C)O[Si](C)(C)C(C)(C)C)[N+](=O)[O-]. The lowest BCUT2D eigenvalue weighted by Crippen LogP contribution is -2.43. The molecule has 0 unspecified atom stereocenters. The van der Waals surface area contributed by atoms with Crippen molar-refractivity contribution in [3.05, 3.63) is 21.9 Å². The van der Waals surface area contributed by atoms with Crippen LogP contribution in [0.3, 0.4) is 0 Å². The zero-order valence-electron chi connectivity index (χ0n) is 11.3. The van der Waals surface area contributed by atoms with Gasteiger partial charge in [0.1, 0.15) is 0 Å². The molecule has 0 aliphatic heterocycles. The molecule has 0 spiro atoms.